The van der Waals surface area contributed by atoms with Crippen LogP contribution in [-0.4, -0.2) is 19.2 Å². The topological polar surface area (TPSA) is 60.0 Å². The summed E-state index contributed by atoms with van der Waals surface area (Å²) in [5.74, 6) is 0. The van der Waals surface area contributed by atoms with Gasteiger partial charge in [-0.1, -0.05) is 29.8 Å². The SMILES string of the molecule is Cn1cncc1C(O)c1ccc2c(c1)c(-c1cccc(Cl)c1)cc(=O)n2C. The molecule has 4 aromatic rings. The van der Waals surface area contributed by atoms with E-state index >= 15 is 0 Å². The van der Waals surface area contributed by atoms with E-state index < -0.39 is 6.10 Å². The molecule has 27 heavy (non-hydrogen) atoms. The fourth-order valence-corrected chi connectivity index (χ4v) is 3.54. The van der Waals surface area contributed by atoms with Gasteiger partial charge in [-0.05, 0) is 41.0 Å². The van der Waals surface area contributed by atoms with Crippen molar-refractivity contribution in [2.75, 3.05) is 0 Å². The van der Waals surface area contributed by atoms with Crippen molar-refractivity contribution in [1.82, 2.24) is 14.1 Å². The lowest BCUT2D eigenvalue weighted by molar-refractivity contribution is 0.211. The van der Waals surface area contributed by atoms with Crippen LogP contribution in [0.4, 0.5) is 0 Å². The van der Waals surface area contributed by atoms with Crippen LogP contribution in [0.15, 0.2) is 65.8 Å². The fourth-order valence-electron chi connectivity index (χ4n) is 3.35. The molecule has 0 saturated heterocycles. The summed E-state index contributed by atoms with van der Waals surface area (Å²) in [6, 6.07) is 14.6. The first-order valence-corrected chi connectivity index (χ1v) is 8.87. The molecule has 0 fully saturated rings. The van der Waals surface area contributed by atoms with Crippen molar-refractivity contribution in [2.45, 2.75) is 6.10 Å². The van der Waals surface area contributed by atoms with Crippen molar-refractivity contribution >= 4 is 22.5 Å². The monoisotopic (exact) mass is 379 g/mol. The van der Waals surface area contributed by atoms with Crippen molar-refractivity contribution in [2.24, 2.45) is 14.1 Å². The second-order valence-corrected chi connectivity index (χ2v) is 7.01. The van der Waals surface area contributed by atoms with Crippen molar-refractivity contribution in [1.29, 1.82) is 0 Å². The molecule has 0 aliphatic heterocycles. The fraction of sp³-hybridized carbons (Fsp3) is 0.143. The van der Waals surface area contributed by atoms with Crippen LogP contribution in [0.25, 0.3) is 22.0 Å². The third kappa shape index (κ3) is 3.05. The molecule has 136 valence electrons. The van der Waals surface area contributed by atoms with Crippen LogP contribution in [-0.2, 0) is 14.1 Å². The van der Waals surface area contributed by atoms with E-state index in [0.717, 1.165) is 27.6 Å². The minimum absolute atomic E-state index is 0.0996. The Morgan fingerprint density at radius 1 is 1.11 bits per heavy atom. The molecule has 1 unspecified atom stereocenters. The zero-order valence-electron chi connectivity index (χ0n) is 14.9. The van der Waals surface area contributed by atoms with E-state index in [4.69, 9.17) is 11.6 Å². The van der Waals surface area contributed by atoms with Gasteiger partial charge in [0.2, 0.25) is 0 Å². The number of pyridine rings is 1. The third-order valence-electron chi connectivity index (χ3n) is 4.86. The molecule has 0 radical (unpaired) electrons. The van der Waals surface area contributed by atoms with E-state index in [1.807, 2.05) is 43.4 Å². The molecular formula is C21H18ClN3O2. The van der Waals surface area contributed by atoms with E-state index in [1.54, 1.807) is 40.8 Å². The maximum absolute atomic E-state index is 12.4. The Labute approximate surface area is 161 Å². The number of aromatic nitrogens is 3. The number of halogens is 1. The standard InChI is InChI=1S/C21H18ClN3O2/c1-24-12-23-11-19(24)21(27)14-6-7-18-17(9-14)16(10-20(26)25(18)2)13-4-3-5-15(22)8-13/h3-12,21,27H,1-2H3. The van der Waals surface area contributed by atoms with Crippen LogP contribution >= 0.6 is 11.6 Å². The highest BCUT2D eigenvalue weighted by atomic mass is 35.5. The number of fused-ring (bicyclic) bond motifs is 1. The van der Waals surface area contributed by atoms with E-state index in [1.165, 1.54) is 0 Å². The maximum Gasteiger partial charge on any atom is 0.251 e. The van der Waals surface area contributed by atoms with Crippen LogP contribution < -0.4 is 5.56 Å². The van der Waals surface area contributed by atoms with Crippen molar-refractivity contribution < 1.29 is 5.11 Å². The smallest absolute Gasteiger partial charge is 0.251 e. The number of rotatable bonds is 3. The summed E-state index contributed by atoms with van der Waals surface area (Å²) in [7, 11) is 3.58. The van der Waals surface area contributed by atoms with Crippen LogP contribution in [0, 0.1) is 0 Å². The molecule has 0 bridgehead atoms. The van der Waals surface area contributed by atoms with Gasteiger partial charge >= 0.3 is 0 Å². The minimum Gasteiger partial charge on any atom is -0.382 e. The second kappa shape index (κ2) is 6.68. The molecular weight excluding hydrogens is 362 g/mol. The van der Waals surface area contributed by atoms with E-state index in [9.17, 15) is 9.90 Å². The Morgan fingerprint density at radius 3 is 2.63 bits per heavy atom. The summed E-state index contributed by atoms with van der Waals surface area (Å²) in [5, 5.41) is 12.3. The average Bonchev–Trinajstić information content (AvgIpc) is 3.09. The zero-order valence-corrected chi connectivity index (χ0v) is 15.7. The van der Waals surface area contributed by atoms with Gasteiger partial charge in [0.1, 0.15) is 6.10 Å². The molecule has 0 aliphatic carbocycles. The van der Waals surface area contributed by atoms with E-state index in [-0.39, 0.29) is 5.56 Å². The lowest BCUT2D eigenvalue weighted by Gasteiger charge is -2.16. The van der Waals surface area contributed by atoms with Crippen molar-refractivity contribution in [3.05, 3.63) is 87.7 Å². The van der Waals surface area contributed by atoms with Gasteiger partial charge in [-0.15, -0.1) is 0 Å². The van der Waals surface area contributed by atoms with Gasteiger partial charge < -0.3 is 14.2 Å². The van der Waals surface area contributed by atoms with E-state index in [0.29, 0.717) is 10.7 Å². The molecule has 2 aromatic carbocycles. The van der Waals surface area contributed by atoms with Gasteiger partial charge in [0.25, 0.3) is 5.56 Å². The second-order valence-electron chi connectivity index (χ2n) is 6.57. The van der Waals surface area contributed by atoms with Crippen LogP contribution in [0.2, 0.25) is 5.02 Å². The Kier molecular flexibility index (Phi) is 4.34. The first-order chi connectivity index (χ1) is 13.0. The Balaban J connectivity index is 1.97. The molecule has 5 nitrogen and oxygen atoms in total. The lowest BCUT2D eigenvalue weighted by Crippen LogP contribution is -2.16. The number of imidazole rings is 1. The molecule has 4 rings (SSSR count). The summed E-state index contributed by atoms with van der Waals surface area (Å²) in [5.41, 5.74) is 3.76. The number of aliphatic hydroxyl groups is 1. The van der Waals surface area contributed by atoms with E-state index in [2.05, 4.69) is 4.98 Å². The highest BCUT2D eigenvalue weighted by Gasteiger charge is 2.17. The molecule has 1 atom stereocenters. The predicted octanol–water partition coefficient (Wildman–Crippen LogP) is 3.67. The van der Waals surface area contributed by atoms with Crippen LogP contribution in [0.5, 0.6) is 0 Å². The van der Waals surface area contributed by atoms with Gasteiger partial charge in [0.15, 0.2) is 0 Å². The third-order valence-corrected chi connectivity index (χ3v) is 5.09. The number of aryl methyl sites for hydroxylation is 2. The van der Waals surface area contributed by atoms with Crippen molar-refractivity contribution in [3.8, 4) is 11.1 Å². The first kappa shape index (κ1) is 17.5. The number of nitrogens with zero attached hydrogens (tertiary/aromatic N) is 3. The van der Waals surface area contributed by atoms with Crippen LogP contribution in [0.3, 0.4) is 0 Å². The summed E-state index contributed by atoms with van der Waals surface area (Å²) < 4.78 is 3.39. The van der Waals surface area contributed by atoms with Crippen molar-refractivity contribution in [3.63, 3.8) is 0 Å². The average molecular weight is 380 g/mol. The normalized spacial score (nSPS) is 12.4. The Hall–Kier alpha value is -2.89. The van der Waals surface area contributed by atoms with Gasteiger partial charge in [-0.25, -0.2) is 4.98 Å². The molecule has 2 aromatic heterocycles. The Bertz CT molecular complexity index is 1210. The molecule has 0 amide bonds. The maximum atomic E-state index is 12.4. The van der Waals surface area contributed by atoms with Crippen LogP contribution in [0.1, 0.15) is 17.4 Å². The minimum atomic E-state index is -0.814. The molecule has 0 spiro atoms. The predicted molar refractivity (Wildman–Crippen MR) is 107 cm³/mol. The Morgan fingerprint density at radius 2 is 1.93 bits per heavy atom. The van der Waals surface area contributed by atoms with Gasteiger partial charge in [-0.3, -0.25) is 4.79 Å². The highest BCUT2D eigenvalue weighted by molar-refractivity contribution is 6.30. The number of hydrogen-bond acceptors (Lipinski definition) is 3. The summed E-state index contributed by atoms with van der Waals surface area (Å²) >= 11 is 6.15. The molecule has 6 heteroatoms. The molecule has 1 N–H and O–H groups in total. The number of hydrogen-bond donors (Lipinski definition) is 1. The summed E-state index contributed by atoms with van der Waals surface area (Å²) in [6.07, 6.45) is 2.49. The number of benzene rings is 2. The largest absolute Gasteiger partial charge is 0.382 e. The lowest BCUT2D eigenvalue weighted by atomic mass is 9.97. The highest BCUT2D eigenvalue weighted by Crippen LogP contribution is 2.32. The molecule has 0 aliphatic rings. The van der Waals surface area contributed by atoms with Gasteiger partial charge in [-0.2, -0.15) is 0 Å². The summed E-state index contributed by atoms with van der Waals surface area (Å²) in [4.78, 5) is 16.5. The first-order valence-electron chi connectivity index (χ1n) is 8.49. The quantitative estimate of drug-likeness (QED) is 0.590. The van der Waals surface area contributed by atoms with Gasteiger partial charge in [0.05, 0.1) is 23.7 Å². The number of aliphatic hydroxyl groups excluding tert-OH is 1. The molecule has 0 saturated carbocycles. The van der Waals surface area contributed by atoms with Gasteiger partial charge in [0, 0.05) is 30.6 Å². The zero-order chi connectivity index (χ0) is 19.1. The summed E-state index contributed by atoms with van der Waals surface area (Å²) in [6.45, 7) is 0. The molecule has 2 heterocycles.